The Morgan fingerprint density at radius 1 is 1.35 bits per heavy atom. The van der Waals surface area contributed by atoms with Gasteiger partial charge >= 0.3 is 0 Å². The van der Waals surface area contributed by atoms with E-state index in [0.29, 0.717) is 6.07 Å². The fourth-order valence-electron chi connectivity index (χ4n) is 1.58. The third kappa shape index (κ3) is 4.31. The van der Waals surface area contributed by atoms with Crippen LogP contribution in [-0.2, 0) is 4.79 Å². The van der Waals surface area contributed by atoms with E-state index in [0.717, 1.165) is 12.1 Å². The van der Waals surface area contributed by atoms with Crippen molar-refractivity contribution in [3.8, 4) is 6.07 Å². The van der Waals surface area contributed by atoms with E-state index in [2.05, 4.69) is 5.32 Å². The zero-order valence-electron chi connectivity index (χ0n) is 10.7. The molecule has 0 saturated heterocycles. The predicted molar refractivity (Wildman–Crippen MR) is 66.2 cm³/mol. The SMILES string of the molecule is C[C@H](C#N)C[C@@H](NC(=O)c1cc(F)cc(F)c1)C(N)=O. The molecule has 106 valence electrons. The number of carbonyl (C=O) groups excluding carboxylic acids is 2. The van der Waals surface area contributed by atoms with Gasteiger partial charge in [-0.25, -0.2) is 8.78 Å². The van der Waals surface area contributed by atoms with E-state index >= 15 is 0 Å². The van der Waals surface area contributed by atoms with Crippen molar-refractivity contribution in [1.82, 2.24) is 5.32 Å². The fourth-order valence-corrected chi connectivity index (χ4v) is 1.58. The van der Waals surface area contributed by atoms with Gasteiger partial charge in [0.15, 0.2) is 0 Å². The number of amides is 2. The van der Waals surface area contributed by atoms with Gasteiger partial charge in [-0.15, -0.1) is 0 Å². The molecule has 1 aromatic rings. The molecule has 0 aliphatic rings. The Bertz CT molecular complexity index is 549. The number of nitrogens with zero attached hydrogens (tertiary/aromatic N) is 1. The van der Waals surface area contributed by atoms with Crippen LogP contribution in [0.15, 0.2) is 18.2 Å². The third-order valence-corrected chi connectivity index (χ3v) is 2.58. The van der Waals surface area contributed by atoms with Gasteiger partial charge in [-0.1, -0.05) is 0 Å². The van der Waals surface area contributed by atoms with E-state index in [9.17, 15) is 18.4 Å². The van der Waals surface area contributed by atoms with E-state index in [1.165, 1.54) is 0 Å². The smallest absolute Gasteiger partial charge is 0.252 e. The van der Waals surface area contributed by atoms with Crippen molar-refractivity contribution >= 4 is 11.8 Å². The van der Waals surface area contributed by atoms with E-state index in [1.807, 2.05) is 6.07 Å². The Morgan fingerprint density at radius 3 is 2.35 bits per heavy atom. The molecule has 1 aromatic carbocycles. The summed E-state index contributed by atoms with van der Waals surface area (Å²) >= 11 is 0. The largest absolute Gasteiger partial charge is 0.368 e. The lowest BCUT2D eigenvalue weighted by Gasteiger charge is -2.16. The minimum atomic E-state index is -1.08. The molecular weight excluding hydrogens is 268 g/mol. The van der Waals surface area contributed by atoms with Crippen molar-refractivity contribution in [3.63, 3.8) is 0 Å². The average molecular weight is 281 g/mol. The molecule has 0 radical (unpaired) electrons. The lowest BCUT2D eigenvalue weighted by molar-refractivity contribution is -0.120. The van der Waals surface area contributed by atoms with Crippen molar-refractivity contribution in [2.45, 2.75) is 19.4 Å². The number of rotatable bonds is 5. The van der Waals surface area contributed by atoms with Crippen LogP contribution in [-0.4, -0.2) is 17.9 Å². The maximum atomic E-state index is 13.0. The Hall–Kier alpha value is -2.49. The fraction of sp³-hybridized carbons (Fsp3) is 0.308. The number of carbonyl (C=O) groups is 2. The first kappa shape index (κ1) is 15.6. The monoisotopic (exact) mass is 281 g/mol. The van der Waals surface area contributed by atoms with Crippen LogP contribution in [0.2, 0.25) is 0 Å². The molecular formula is C13H13F2N3O2. The molecule has 3 N–H and O–H groups in total. The summed E-state index contributed by atoms with van der Waals surface area (Å²) in [6.07, 6.45) is 0.0232. The summed E-state index contributed by atoms with van der Waals surface area (Å²) in [4.78, 5) is 23.0. The number of hydrogen-bond donors (Lipinski definition) is 2. The van der Waals surface area contributed by atoms with Crippen LogP contribution in [0.4, 0.5) is 8.78 Å². The molecule has 7 heteroatoms. The number of nitriles is 1. The van der Waals surface area contributed by atoms with E-state index in [-0.39, 0.29) is 12.0 Å². The summed E-state index contributed by atoms with van der Waals surface area (Å²) in [5.74, 6) is -3.97. The van der Waals surface area contributed by atoms with Crippen molar-refractivity contribution in [2.75, 3.05) is 0 Å². The zero-order chi connectivity index (χ0) is 15.3. The number of nitrogens with one attached hydrogen (secondary N) is 1. The average Bonchev–Trinajstić information content (AvgIpc) is 2.36. The van der Waals surface area contributed by atoms with Gasteiger partial charge in [0.1, 0.15) is 17.7 Å². The molecule has 0 heterocycles. The van der Waals surface area contributed by atoms with Gasteiger partial charge in [-0.05, 0) is 25.5 Å². The first-order chi connectivity index (χ1) is 9.33. The molecule has 0 aliphatic carbocycles. The van der Waals surface area contributed by atoms with Crippen LogP contribution in [0.1, 0.15) is 23.7 Å². The standard InChI is InChI=1S/C13H13F2N3O2/c1-7(6-16)2-11(12(17)19)18-13(20)8-3-9(14)5-10(15)4-8/h3-5,7,11H,2H2,1H3,(H2,17,19)(H,18,20)/t7-,11+/m0/s1. The molecule has 0 unspecified atom stereocenters. The quantitative estimate of drug-likeness (QED) is 0.845. The highest BCUT2D eigenvalue weighted by molar-refractivity contribution is 5.97. The molecule has 2 amide bonds. The molecule has 0 spiro atoms. The second-order valence-corrected chi connectivity index (χ2v) is 4.35. The molecule has 0 saturated carbocycles. The van der Waals surface area contributed by atoms with Gasteiger partial charge in [-0.3, -0.25) is 9.59 Å². The summed E-state index contributed by atoms with van der Waals surface area (Å²) in [6.45, 7) is 1.56. The number of benzene rings is 1. The molecule has 0 fully saturated rings. The van der Waals surface area contributed by atoms with Crippen molar-refractivity contribution in [2.24, 2.45) is 11.7 Å². The molecule has 5 nitrogen and oxygen atoms in total. The van der Waals surface area contributed by atoms with E-state index < -0.39 is 35.4 Å². The normalized spacial score (nSPS) is 13.1. The predicted octanol–water partition coefficient (Wildman–Crippen LogP) is 1.10. The summed E-state index contributed by atoms with van der Waals surface area (Å²) < 4.78 is 26.0. The van der Waals surface area contributed by atoms with Crippen LogP contribution in [0.25, 0.3) is 0 Å². The molecule has 0 bridgehead atoms. The Morgan fingerprint density at radius 2 is 1.90 bits per heavy atom. The number of halogens is 2. The summed E-state index contributed by atoms with van der Waals surface area (Å²) in [5.41, 5.74) is 4.85. The van der Waals surface area contributed by atoms with E-state index in [4.69, 9.17) is 11.0 Å². The Balaban J connectivity index is 2.86. The lowest BCUT2D eigenvalue weighted by Crippen LogP contribution is -2.45. The number of nitrogens with two attached hydrogens (primary N) is 1. The first-order valence-electron chi connectivity index (χ1n) is 5.79. The van der Waals surface area contributed by atoms with Crippen LogP contribution in [0.3, 0.4) is 0 Å². The van der Waals surface area contributed by atoms with Gasteiger partial charge in [0, 0.05) is 17.5 Å². The highest BCUT2D eigenvalue weighted by atomic mass is 19.1. The van der Waals surface area contributed by atoms with Crippen molar-refractivity contribution < 1.29 is 18.4 Å². The van der Waals surface area contributed by atoms with Crippen molar-refractivity contribution in [1.29, 1.82) is 5.26 Å². The van der Waals surface area contributed by atoms with Gasteiger partial charge in [0.25, 0.3) is 5.91 Å². The minimum Gasteiger partial charge on any atom is -0.368 e. The van der Waals surface area contributed by atoms with Gasteiger partial charge in [-0.2, -0.15) is 5.26 Å². The summed E-state index contributed by atoms with van der Waals surface area (Å²) in [6, 6.07) is 3.12. The van der Waals surface area contributed by atoms with Crippen LogP contribution in [0, 0.1) is 28.9 Å². The van der Waals surface area contributed by atoms with Gasteiger partial charge < -0.3 is 11.1 Å². The topological polar surface area (TPSA) is 96.0 Å². The highest BCUT2D eigenvalue weighted by Crippen LogP contribution is 2.10. The second-order valence-electron chi connectivity index (χ2n) is 4.35. The van der Waals surface area contributed by atoms with Gasteiger partial charge in [0.05, 0.1) is 6.07 Å². The Labute approximate surface area is 114 Å². The third-order valence-electron chi connectivity index (χ3n) is 2.58. The highest BCUT2D eigenvalue weighted by Gasteiger charge is 2.22. The maximum absolute atomic E-state index is 13.0. The Kier molecular flexibility index (Phi) is 5.15. The minimum absolute atomic E-state index is 0.0232. The summed E-state index contributed by atoms with van der Waals surface area (Å²) in [7, 11) is 0. The molecule has 2 atom stereocenters. The lowest BCUT2D eigenvalue weighted by atomic mass is 10.0. The van der Waals surface area contributed by atoms with Gasteiger partial charge in [0.2, 0.25) is 5.91 Å². The van der Waals surface area contributed by atoms with E-state index in [1.54, 1.807) is 6.92 Å². The molecule has 0 aliphatic heterocycles. The number of hydrogen-bond acceptors (Lipinski definition) is 3. The number of primary amides is 1. The maximum Gasteiger partial charge on any atom is 0.252 e. The molecule has 0 aromatic heterocycles. The van der Waals surface area contributed by atoms with Crippen LogP contribution in [0.5, 0.6) is 0 Å². The molecule has 20 heavy (non-hydrogen) atoms. The van der Waals surface area contributed by atoms with Crippen LogP contribution >= 0.6 is 0 Å². The van der Waals surface area contributed by atoms with Crippen LogP contribution < -0.4 is 11.1 Å². The summed E-state index contributed by atoms with van der Waals surface area (Å²) in [5, 5.41) is 10.9. The van der Waals surface area contributed by atoms with Crippen molar-refractivity contribution in [3.05, 3.63) is 35.4 Å². The first-order valence-corrected chi connectivity index (χ1v) is 5.79. The second kappa shape index (κ2) is 6.61. The zero-order valence-corrected chi connectivity index (χ0v) is 10.7. The molecule has 1 rings (SSSR count).